The van der Waals surface area contributed by atoms with Gasteiger partial charge in [0.05, 0.1) is 14.2 Å². The second-order valence-electron chi connectivity index (χ2n) is 4.53. The van der Waals surface area contributed by atoms with Crippen LogP contribution in [-0.4, -0.2) is 24.3 Å². The summed E-state index contributed by atoms with van der Waals surface area (Å²) in [6, 6.07) is 5.45. The molecule has 112 valence electrons. The van der Waals surface area contributed by atoms with Gasteiger partial charge in [-0.15, -0.1) is 0 Å². The predicted octanol–water partition coefficient (Wildman–Crippen LogP) is 3.51. The van der Waals surface area contributed by atoms with Crippen molar-refractivity contribution in [1.82, 2.24) is 4.98 Å². The molecule has 0 aliphatic heterocycles. The van der Waals surface area contributed by atoms with Gasteiger partial charge in [-0.25, -0.2) is 0 Å². The SMILES string of the molecule is CCc1cnccc1C(O)c1ccc(OC)c(Br)c1OC. The lowest BCUT2D eigenvalue weighted by atomic mass is 9.96. The molecule has 5 heteroatoms. The maximum atomic E-state index is 10.7. The van der Waals surface area contributed by atoms with Gasteiger partial charge in [0.1, 0.15) is 22.1 Å². The molecule has 1 aromatic carbocycles. The van der Waals surface area contributed by atoms with E-state index in [0.29, 0.717) is 21.5 Å². The molecule has 0 fully saturated rings. The van der Waals surface area contributed by atoms with Crippen LogP contribution in [0.5, 0.6) is 11.5 Å². The summed E-state index contributed by atoms with van der Waals surface area (Å²) in [5.41, 5.74) is 2.54. The van der Waals surface area contributed by atoms with Crippen LogP contribution in [0.4, 0.5) is 0 Å². The van der Waals surface area contributed by atoms with Gasteiger partial charge < -0.3 is 14.6 Å². The minimum absolute atomic E-state index is 0.570. The summed E-state index contributed by atoms with van der Waals surface area (Å²) < 4.78 is 11.4. The van der Waals surface area contributed by atoms with Gasteiger partial charge in [0.25, 0.3) is 0 Å². The Morgan fingerprint density at radius 2 is 1.95 bits per heavy atom. The molecular formula is C16H18BrNO3. The van der Waals surface area contributed by atoms with Gasteiger partial charge in [-0.05, 0) is 51.7 Å². The van der Waals surface area contributed by atoms with E-state index in [0.717, 1.165) is 17.5 Å². The van der Waals surface area contributed by atoms with Crippen molar-refractivity contribution in [3.05, 3.63) is 51.8 Å². The summed E-state index contributed by atoms with van der Waals surface area (Å²) in [6.07, 6.45) is 3.49. The lowest BCUT2D eigenvalue weighted by molar-refractivity contribution is 0.213. The molecule has 1 heterocycles. The Hall–Kier alpha value is -1.59. The van der Waals surface area contributed by atoms with Gasteiger partial charge >= 0.3 is 0 Å². The zero-order valence-electron chi connectivity index (χ0n) is 12.3. The number of benzene rings is 1. The molecule has 0 aliphatic rings. The van der Waals surface area contributed by atoms with Crippen molar-refractivity contribution in [2.24, 2.45) is 0 Å². The quantitative estimate of drug-likeness (QED) is 0.895. The third-order valence-corrected chi connectivity index (χ3v) is 4.18. The summed E-state index contributed by atoms with van der Waals surface area (Å²) in [7, 11) is 3.16. The highest BCUT2D eigenvalue weighted by atomic mass is 79.9. The van der Waals surface area contributed by atoms with Crippen LogP contribution >= 0.6 is 15.9 Å². The first-order valence-electron chi connectivity index (χ1n) is 6.65. The van der Waals surface area contributed by atoms with Crippen molar-refractivity contribution in [2.45, 2.75) is 19.4 Å². The van der Waals surface area contributed by atoms with Gasteiger partial charge in [0.2, 0.25) is 0 Å². The minimum Gasteiger partial charge on any atom is -0.495 e. The van der Waals surface area contributed by atoms with Gasteiger partial charge in [-0.3, -0.25) is 4.98 Å². The number of methoxy groups -OCH3 is 2. The lowest BCUT2D eigenvalue weighted by Crippen LogP contribution is -2.06. The van der Waals surface area contributed by atoms with Crippen LogP contribution in [-0.2, 0) is 6.42 Å². The fraction of sp³-hybridized carbons (Fsp3) is 0.312. The third kappa shape index (κ3) is 3.04. The maximum absolute atomic E-state index is 10.7. The number of nitrogens with zero attached hydrogens (tertiary/aromatic N) is 1. The van der Waals surface area contributed by atoms with Crippen LogP contribution in [0.3, 0.4) is 0 Å². The molecule has 1 N–H and O–H groups in total. The fourth-order valence-electron chi connectivity index (χ4n) is 2.30. The Kier molecular flexibility index (Phi) is 5.20. The summed E-state index contributed by atoms with van der Waals surface area (Å²) in [6.45, 7) is 2.04. The Labute approximate surface area is 132 Å². The van der Waals surface area contributed by atoms with E-state index >= 15 is 0 Å². The Bertz CT molecular complexity index is 631. The van der Waals surface area contributed by atoms with E-state index in [-0.39, 0.29) is 0 Å². The molecule has 21 heavy (non-hydrogen) atoms. The highest BCUT2D eigenvalue weighted by molar-refractivity contribution is 9.10. The first-order valence-corrected chi connectivity index (χ1v) is 7.44. The highest BCUT2D eigenvalue weighted by Crippen LogP contribution is 2.41. The number of hydrogen-bond donors (Lipinski definition) is 1. The molecule has 4 nitrogen and oxygen atoms in total. The normalized spacial score (nSPS) is 12.0. The van der Waals surface area contributed by atoms with Gasteiger partial charge in [-0.1, -0.05) is 6.92 Å². The standard InChI is InChI=1S/C16H18BrNO3/c1-4-10-9-18-8-7-11(10)15(19)12-5-6-13(20-2)14(17)16(12)21-3/h5-9,15,19H,4H2,1-3H3. The first-order chi connectivity index (χ1) is 10.1. The van der Waals surface area contributed by atoms with Crippen molar-refractivity contribution in [2.75, 3.05) is 14.2 Å². The lowest BCUT2D eigenvalue weighted by Gasteiger charge is -2.19. The van der Waals surface area contributed by atoms with Crippen molar-refractivity contribution < 1.29 is 14.6 Å². The van der Waals surface area contributed by atoms with Crippen molar-refractivity contribution in [1.29, 1.82) is 0 Å². The molecule has 1 aromatic heterocycles. The van der Waals surface area contributed by atoms with E-state index in [1.807, 2.05) is 19.1 Å². The molecule has 0 saturated heterocycles. The minimum atomic E-state index is -0.778. The van der Waals surface area contributed by atoms with Gasteiger partial charge in [0, 0.05) is 18.0 Å². The monoisotopic (exact) mass is 351 g/mol. The van der Waals surface area contributed by atoms with E-state index in [2.05, 4.69) is 20.9 Å². The summed E-state index contributed by atoms with van der Waals surface area (Å²) in [5, 5.41) is 10.7. The number of halogens is 1. The largest absolute Gasteiger partial charge is 0.495 e. The van der Waals surface area contributed by atoms with Crippen molar-refractivity contribution >= 4 is 15.9 Å². The van der Waals surface area contributed by atoms with E-state index in [4.69, 9.17) is 9.47 Å². The first kappa shape index (κ1) is 15.8. The van der Waals surface area contributed by atoms with E-state index in [9.17, 15) is 5.11 Å². The Balaban J connectivity index is 2.53. The molecule has 2 rings (SSSR count). The number of aliphatic hydroxyl groups is 1. The van der Waals surface area contributed by atoms with Crippen molar-refractivity contribution in [3.8, 4) is 11.5 Å². The zero-order valence-corrected chi connectivity index (χ0v) is 13.8. The number of rotatable bonds is 5. The molecule has 2 aromatic rings. The average molecular weight is 352 g/mol. The maximum Gasteiger partial charge on any atom is 0.142 e. The molecule has 0 spiro atoms. The van der Waals surface area contributed by atoms with Crippen LogP contribution in [0, 0.1) is 0 Å². The number of aryl methyl sites for hydroxylation is 1. The highest BCUT2D eigenvalue weighted by Gasteiger charge is 2.21. The van der Waals surface area contributed by atoms with Gasteiger partial charge in [-0.2, -0.15) is 0 Å². The van der Waals surface area contributed by atoms with E-state index in [1.54, 1.807) is 32.7 Å². The summed E-state index contributed by atoms with van der Waals surface area (Å²) >= 11 is 3.46. The zero-order chi connectivity index (χ0) is 15.4. The third-order valence-electron chi connectivity index (χ3n) is 3.43. The Morgan fingerprint density at radius 3 is 2.57 bits per heavy atom. The number of aromatic nitrogens is 1. The summed E-state index contributed by atoms with van der Waals surface area (Å²) in [4.78, 5) is 4.11. The fourth-order valence-corrected chi connectivity index (χ4v) is 2.99. The second-order valence-corrected chi connectivity index (χ2v) is 5.33. The Morgan fingerprint density at radius 1 is 1.19 bits per heavy atom. The topological polar surface area (TPSA) is 51.6 Å². The molecule has 0 bridgehead atoms. The molecule has 0 radical (unpaired) electrons. The van der Waals surface area contributed by atoms with E-state index in [1.165, 1.54) is 0 Å². The van der Waals surface area contributed by atoms with Crippen LogP contribution in [0.15, 0.2) is 35.1 Å². The van der Waals surface area contributed by atoms with Crippen molar-refractivity contribution in [3.63, 3.8) is 0 Å². The molecule has 1 atom stereocenters. The van der Waals surface area contributed by atoms with Crippen LogP contribution < -0.4 is 9.47 Å². The number of aliphatic hydroxyl groups excluding tert-OH is 1. The van der Waals surface area contributed by atoms with Crippen LogP contribution in [0.2, 0.25) is 0 Å². The van der Waals surface area contributed by atoms with E-state index < -0.39 is 6.10 Å². The smallest absolute Gasteiger partial charge is 0.142 e. The number of hydrogen-bond acceptors (Lipinski definition) is 4. The molecule has 0 aliphatic carbocycles. The van der Waals surface area contributed by atoms with Crippen LogP contribution in [0.1, 0.15) is 29.7 Å². The average Bonchev–Trinajstić information content (AvgIpc) is 2.53. The molecule has 0 amide bonds. The number of ether oxygens (including phenoxy) is 2. The molecule has 0 saturated carbocycles. The van der Waals surface area contributed by atoms with Crippen LogP contribution in [0.25, 0.3) is 0 Å². The predicted molar refractivity (Wildman–Crippen MR) is 84.9 cm³/mol. The second kappa shape index (κ2) is 6.91. The number of pyridine rings is 1. The molecule has 1 unspecified atom stereocenters. The van der Waals surface area contributed by atoms with Gasteiger partial charge in [0.15, 0.2) is 0 Å². The summed E-state index contributed by atoms with van der Waals surface area (Å²) in [5.74, 6) is 1.23. The molecular weight excluding hydrogens is 334 g/mol.